The molecule has 0 atom stereocenters. The maximum atomic E-state index is 11.9. The first-order chi connectivity index (χ1) is 9.54. The molecule has 0 bridgehead atoms. The van der Waals surface area contributed by atoms with E-state index in [9.17, 15) is 14.4 Å². The highest BCUT2D eigenvalue weighted by molar-refractivity contribution is 6.22. The smallest absolute Gasteiger partial charge is 0.291 e. The summed E-state index contributed by atoms with van der Waals surface area (Å²) in [5.74, 6) is -0.486. The minimum atomic E-state index is -0.463. The molecular weight excluding hydrogens is 260 g/mol. The van der Waals surface area contributed by atoms with E-state index < -0.39 is 17.7 Å². The van der Waals surface area contributed by atoms with Crippen molar-refractivity contribution in [3.63, 3.8) is 0 Å². The van der Waals surface area contributed by atoms with Crippen LogP contribution in [0.25, 0.3) is 0 Å². The number of imide groups is 1. The van der Waals surface area contributed by atoms with Gasteiger partial charge in [0.1, 0.15) is 5.76 Å². The van der Waals surface area contributed by atoms with Crippen LogP contribution in [0.1, 0.15) is 37.0 Å². The zero-order chi connectivity index (χ0) is 14.3. The Morgan fingerprint density at radius 1 is 1.10 bits per heavy atom. The molecule has 0 radical (unpaired) electrons. The van der Waals surface area contributed by atoms with Crippen molar-refractivity contribution in [1.82, 2.24) is 5.32 Å². The van der Waals surface area contributed by atoms with Gasteiger partial charge in [-0.25, -0.2) is 0 Å². The average molecular weight is 270 g/mol. The van der Waals surface area contributed by atoms with Crippen LogP contribution >= 0.6 is 0 Å². The van der Waals surface area contributed by atoms with Crippen molar-refractivity contribution in [3.8, 4) is 0 Å². The number of carbonyl (C=O) groups excluding carboxylic acids is 3. The number of hydrogen-bond donors (Lipinski definition) is 2. The number of fused-ring (bicyclic) bond motifs is 1. The number of hydrogen-bond acceptors (Lipinski definition) is 4. The van der Waals surface area contributed by atoms with E-state index in [1.165, 1.54) is 12.1 Å². The molecule has 0 fully saturated rings. The lowest BCUT2D eigenvalue weighted by Gasteiger charge is -2.04. The molecule has 100 valence electrons. The largest absolute Gasteiger partial charge is 0.456 e. The third-order valence-corrected chi connectivity index (χ3v) is 2.96. The third-order valence-electron chi connectivity index (χ3n) is 2.96. The number of rotatable bonds is 2. The lowest BCUT2D eigenvalue weighted by molar-refractivity contribution is 0.0878. The van der Waals surface area contributed by atoms with Crippen LogP contribution in [0, 0.1) is 6.92 Å². The Bertz CT molecular complexity index is 745. The van der Waals surface area contributed by atoms with Crippen molar-refractivity contribution < 1.29 is 18.8 Å². The second-order valence-corrected chi connectivity index (χ2v) is 4.41. The van der Waals surface area contributed by atoms with Gasteiger partial charge in [0.15, 0.2) is 5.76 Å². The Balaban J connectivity index is 1.86. The topological polar surface area (TPSA) is 88.4 Å². The molecule has 0 saturated carbocycles. The van der Waals surface area contributed by atoms with Gasteiger partial charge < -0.3 is 9.73 Å². The summed E-state index contributed by atoms with van der Waals surface area (Å²) in [5.41, 5.74) is 0.984. The van der Waals surface area contributed by atoms with Crippen LogP contribution in [0.15, 0.2) is 34.7 Å². The van der Waals surface area contributed by atoms with Crippen LogP contribution < -0.4 is 10.6 Å². The Morgan fingerprint density at radius 3 is 2.55 bits per heavy atom. The first-order valence-corrected chi connectivity index (χ1v) is 5.92. The average Bonchev–Trinajstić information content (AvgIpc) is 2.95. The predicted molar refractivity (Wildman–Crippen MR) is 69.6 cm³/mol. The molecule has 1 aromatic heterocycles. The number of furan rings is 1. The first kappa shape index (κ1) is 12.2. The Morgan fingerprint density at radius 2 is 1.85 bits per heavy atom. The van der Waals surface area contributed by atoms with E-state index >= 15 is 0 Å². The number of amides is 3. The number of nitrogens with one attached hydrogen (secondary N) is 2. The molecule has 6 nitrogen and oxygen atoms in total. The van der Waals surface area contributed by atoms with E-state index in [0.29, 0.717) is 17.0 Å². The van der Waals surface area contributed by atoms with E-state index in [1.54, 1.807) is 25.1 Å². The fourth-order valence-corrected chi connectivity index (χ4v) is 1.99. The Kier molecular flexibility index (Phi) is 2.64. The van der Waals surface area contributed by atoms with Crippen molar-refractivity contribution in [2.24, 2.45) is 0 Å². The normalized spacial score (nSPS) is 13.1. The van der Waals surface area contributed by atoms with E-state index in [-0.39, 0.29) is 11.3 Å². The molecule has 0 saturated heterocycles. The molecule has 1 aromatic carbocycles. The second-order valence-electron chi connectivity index (χ2n) is 4.41. The van der Waals surface area contributed by atoms with Crippen molar-refractivity contribution in [1.29, 1.82) is 0 Å². The molecule has 20 heavy (non-hydrogen) atoms. The maximum absolute atomic E-state index is 11.9. The highest BCUT2D eigenvalue weighted by atomic mass is 16.3. The van der Waals surface area contributed by atoms with Gasteiger partial charge in [0.05, 0.1) is 11.1 Å². The van der Waals surface area contributed by atoms with Gasteiger partial charge in [-0.3, -0.25) is 19.7 Å². The van der Waals surface area contributed by atoms with Crippen LogP contribution in [0.2, 0.25) is 0 Å². The monoisotopic (exact) mass is 270 g/mol. The fourth-order valence-electron chi connectivity index (χ4n) is 1.99. The van der Waals surface area contributed by atoms with E-state index in [1.807, 2.05) is 0 Å². The summed E-state index contributed by atoms with van der Waals surface area (Å²) < 4.78 is 5.20. The van der Waals surface area contributed by atoms with Crippen LogP contribution in [0.5, 0.6) is 0 Å². The minimum absolute atomic E-state index is 0.184. The maximum Gasteiger partial charge on any atom is 0.291 e. The van der Waals surface area contributed by atoms with E-state index in [4.69, 9.17) is 4.42 Å². The molecule has 6 heteroatoms. The Labute approximate surface area is 113 Å². The lowest BCUT2D eigenvalue weighted by Crippen LogP contribution is -2.19. The highest BCUT2D eigenvalue weighted by Crippen LogP contribution is 2.21. The van der Waals surface area contributed by atoms with Gasteiger partial charge in [0.2, 0.25) is 0 Å². The lowest BCUT2D eigenvalue weighted by atomic mass is 10.1. The van der Waals surface area contributed by atoms with Crippen LogP contribution in [0.4, 0.5) is 5.69 Å². The number of carbonyl (C=O) groups is 3. The van der Waals surface area contributed by atoms with Crippen LogP contribution in [-0.2, 0) is 0 Å². The van der Waals surface area contributed by atoms with Gasteiger partial charge >= 0.3 is 0 Å². The first-order valence-electron chi connectivity index (χ1n) is 5.92. The molecule has 2 N–H and O–H groups in total. The molecule has 3 rings (SSSR count). The van der Waals surface area contributed by atoms with Crippen LogP contribution in [0.3, 0.4) is 0 Å². The summed E-state index contributed by atoms with van der Waals surface area (Å²) >= 11 is 0. The summed E-state index contributed by atoms with van der Waals surface area (Å²) in [6.45, 7) is 1.74. The van der Waals surface area contributed by atoms with Gasteiger partial charge in [-0.05, 0) is 37.3 Å². The minimum Gasteiger partial charge on any atom is -0.456 e. The van der Waals surface area contributed by atoms with Gasteiger partial charge in [-0.1, -0.05) is 0 Å². The standard InChI is InChI=1S/C14H10N2O4/c1-7-2-5-11(20-7)14(19)15-8-3-4-9-10(6-8)13(18)16-12(9)17/h2-6H,1H3,(H,15,19)(H,16,17,18). The predicted octanol–water partition coefficient (Wildman–Crippen LogP) is 1.72. The summed E-state index contributed by atoms with van der Waals surface area (Å²) in [4.78, 5) is 34.8. The molecular formula is C14H10N2O4. The summed E-state index contributed by atoms with van der Waals surface area (Å²) in [7, 11) is 0. The summed E-state index contributed by atoms with van der Waals surface area (Å²) in [6.07, 6.45) is 0. The van der Waals surface area contributed by atoms with Crippen molar-refractivity contribution in [2.75, 3.05) is 5.32 Å². The summed E-state index contributed by atoms with van der Waals surface area (Å²) in [5, 5.41) is 4.80. The molecule has 0 spiro atoms. The fraction of sp³-hybridized carbons (Fsp3) is 0.0714. The van der Waals surface area contributed by atoms with Gasteiger partial charge in [0.25, 0.3) is 17.7 Å². The van der Waals surface area contributed by atoms with Gasteiger partial charge in [0, 0.05) is 5.69 Å². The van der Waals surface area contributed by atoms with E-state index in [2.05, 4.69) is 10.6 Å². The molecule has 0 unspecified atom stereocenters. The van der Waals surface area contributed by atoms with Crippen molar-refractivity contribution >= 4 is 23.4 Å². The van der Waals surface area contributed by atoms with Gasteiger partial charge in [-0.15, -0.1) is 0 Å². The molecule has 1 aliphatic heterocycles. The Hall–Kier alpha value is -2.89. The second kappa shape index (κ2) is 4.34. The van der Waals surface area contributed by atoms with Gasteiger partial charge in [-0.2, -0.15) is 0 Å². The zero-order valence-electron chi connectivity index (χ0n) is 10.5. The van der Waals surface area contributed by atoms with Crippen molar-refractivity contribution in [3.05, 3.63) is 53.0 Å². The third kappa shape index (κ3) is 1.97. The number of aryl methyl sites for hydroxylation is 1. The zero-order valence-corrected chi connectivity index (χ0v) is 10.5. The molecule has 3 amide bonds. The molecule has 2 heterocycles. The highest BCUT2D eigenvalue weighted by Gasteiger charge is 2.26. The molecule has 0 aliphatic carbocycles. The SMILES string of the molecule is Cc1ccc(C(=O)Nc2ccc3c(c2)C(=O)NC3=O)o1. The quantitative estimate of drug-likeness (QED) is 0.813. The van der Waals surface area contributed by atoms with Crippen molar-refractivity contribution in [2.45, 2.75) is 6.92 Å². The molecule has 2 aromatic rings. The van der Waals surface area contributed by atoms with Crippen LogP contribution in [-0.4, -0.2) is 17.7 Å². The number of anilines is 1. The number of benzene rings is 1. The molecule has 1 aliphatic rings. The summed E-state index contributed by atoms with van der Waals surface area (Å²) in [6, 6.07) is 7.77. The van der Waals surface area contributed by atoms with E-state index in [0.717, 1.165) is 0 Å².